The van der Waals surface area contributed by atoms with Crippen LogP contribution in [-0.4, -0.2) is 16.7 Å². The first kappa shape index (κ1) is 34.5. The minimum atomic E-state index is 0.628. The Bertz CT molecular complexity index is 392. The van der Waals surface area contributed by atoms with Crippen LogP contribution in [0.4, 0.5) is 0 Å². The highest BCUT2D eigenvalue weighted by atomic mass is 35.5. The molecule has 0 radical (unpaired) electrons. The highest BCUT2D eigenvalue weighted by Crippen LogP contribution is 2.16. The molecule has 0 rings (SSSR count). The van der Waals surface area contributed by atoms with E-state index in [0.717, 1.165) is 12.4 Å². The van der Waals surface area contributed by atoms with Crippen LogP contribution < -0.4 is 5.32 Å². The molecule has 0 heterocycles. The minimum absolute atomic E-state index is 0.628. The lowest BCUT2D eigenvalue weighted by Crippen LogP contribution is -2.17. The lowest BCUT2D eigenvalue weighted by molar-refractivity contribution is 0.514. The molecule has 0 spiro atoms. The summed E-state index contributed by atoms with van der Waals surface area (Å²) in [5.74, 6) is 0.842. The molecule has 1 nitrogen and oxygen atoms in total. The van der Waals surface area contributed by atoms with Crippen molar-refractivity contribution in [1.29, 1.82) is 0 Å². The molecule has 34 heavy (non-hydrogen) atoms. The first-order chi connectivity index (χ1) is 16.8. The van der Waals surface area contributed by atoms with Gasteiger partial charge in [0.05, 0.1) is 0 Å². The zero-order valence-corrected chi connectivity index (χ0v) is 25.2. The third-order valence-electron chi connectivity index (χ3n) is 7.09. The second kappa shape index (κ2) is 31.6. The van der Waals surface area contributed by atoms with Crippen molar-refractivity contribution in [3.05, 3.63) is 0 Å². The summed E-state index contributed by atoms with van der Waals surface area (Å²) in [6.07, 6.45) is 38.4. The van der Waals surface area contributed by atoms with Gasteiger partial charge in [-0.05, 0) is 12.8 Å². The molecule has 1 N–H and O–H groups in total. The van der Waals surface area contributed by atoms with Crippen molar-refractivity contribution in [2.75, 3.05) is 12.4 Å². The second-order valence-corrected chi connectivity index (χ2v) is 12.0. The smallest absolute Gasteiger partial charge is 0.130 e. The van der Waals surface area contributed by atoms with Gasteiger partial charge in [-0.15, -0.1) is 24.2 Å². The number of rotatable bonds is 29. The highest BCUT2D eigenvalue weighted by Gasteiger charge is 1.97. The normalized spacial score (nSPS) is 11.2. The van der Waals surface area contributed by atoms with E-state index in [1.165, 1.54) is 173 Å². The molecular formula is C30H60ClNS2. The van der Waals surface area contributed by atoms with Crippen molar-refractivity contribution in [3.63, 3.8) is 0 Å². The summed E-state index contributed by atoms with van der Waals surface area (Å²) < 4.78 is 0.628. The number of hydrogen-bond donors (Lipinski definition) is 2. The molecule has 0 unspecified atom stereocenters. The van der Waals surface area contributed by atoms with Crippen molar-refractivity contribution < 1.29 is 0 Å². The highest BCUT2D eigenvalue weighted by molar-refractivity contribution is 8.11. The number of hydrogen-bond acceptors (Lipinski definition) is 1. The van der Waals surface area contributed by atoms with E-state index in [1.54, 1.807) is 0 Å². The van der Waals surface area contributed by atoms with Crippen LogP contribution in [0.15, 0.2) is 0 Å². The lowest BCUT2D eigenvalue weighted by Gasteiger charge is -2.05. The number of unbranched alkanes of at least 4 members (excludes halogenated alkanes) is 26. The Kier molecular flexibility index (Phi) is 32.1. The van der Waals surface area contributed by atoms with E-state index in [4.69, 9.17) is 23.8 Å². The molecule has 0 amide bonds. The SMILES string of the molecule is S=C(S)NCCCCCCCCCCCCCCCCCCCCCCCCCCCCCCl. The molecular weight excluding hydrogens is 474 g/mol. The van der Waals surface area contributed by atoms with Gasteiger partial charge in [-0.3, -0.25) is 0 Å². The molecule has 0 aliphatic rings. The monoisotopic (exact) mass is 533 g/mol. The van der Waals surface area contributed by atoms with Gasteiger partial charge >= 0.3 is 0 Å². The Morgan fingerprint density at radius 1 is 0.412 bits per heavy atom. The van der Waals surface area contributed by atoms with Crippen LogP contribution in [0.5, 0.6) is 0 Å². The molecule has 0 aliphatic heterocycles. The van der Waals surface area contributed by atoms with Crippen molar-refractivity contribution in [2.24, 2.45) is 0 Å². The summed E-state index contributed by atoms with van der Waals surface area (Å²) in [5, 5.41) is 3.11. The van der Waals surface area contributed by atoms with Crippen molar-refractivity contribution >= 4 is 40.8 Å². The predicted molar refractivity (Wildman–Crippen MR) is 165 cm³/mol. The first-order valence-corrected chi connectivity index (χ1v) is 16.7. The summed E-state index contributed by atoms with van der Waals surface area (Å²) in [6.45, 7) is 0.986. The third kappa shape index (κ3) is 32.5. The molecule has 4 heteroatoms. The average molecular weight is 534 g/mol. The van der Waals surface area contributed by atoms with Gasteiger partial charge < -0.3 is 5.32 Å². The number of thiocarbonyl (C=S) groups is 1. The zero-order valence-electron chi connectivity index (χ0n) is 22.7. The predicted octanol–water partition coefficient (Wildman–Crippen LogP) is 11.6. The summed E-state index contributed by atoms with van der Waals surface area (Å²) in [6, 6.07) is 0. The fourth-order valence-corrected chi connectivity index (χ4v) is 5.24. The Morgan fingerprint density at radius 3 is 0.824 bits per heavy atom. The molecule has 0 fully saturated rings. The van der Waals surface area contributed by atoms with Crippen LogP contribution in [0, 0.1) is 0 Å². The maximum absolute atomic E-state index is 5.71. The number of nitrogens with one attached hydrogen (secondary N) is 1. The quantitative estimate of drug-likeness (QED) is 0.0429. The summed E-state index contributed by atoms with van der Waals surface area (Å²) >= 11 is 14.7. The van der Waals surface area contributed by atoms with Gasteiger partial charge in [0.1, 0.15) is 4.32 Å². The Balaban J connectivity index is 3.01. The van der Waals surface area contributed by atoms with E-state index in [0.29, 0.717) is 4.32 Å². The topological polar surface area (TPSA) is 12.0 Å². The average Bonchev–Trinajstić information content (AvgIpc) is 2.83. The molecule has 0 aliphatic carbocycles. The lowest BCUT2D eigenvalue weighted by atomic mass is 10.0. The fraction of sp³-hybridized carbons (Fsp3) is 0.967. The van der Waals surface area contributed by atoms with Crippen LogP contribution in [0.3, 0.4) is 0 Å². The molecule has 0 aromatic carbocycles. The Labute approximate surface area is 231 Å². The van der Waals surface area contributed by atoms with E-state index in [-0.39, 0.29) is 0 Å². The van der Waals surface area contributed by atoms with Crippen LogP contribution in [0.25, 0.3) is 0 Å². The van der Waals surface area contributed by atoms with Crippen LogP contribution in [-0.2, 0) is 0 Å². The fourth-order valence-electron chi connectivity index (χ4n) is 4.83. The van der Waals surface area contributed by atoms with Crippen LogP contribution >= 0.6 is 36.4 Å². The zero-order chi connectivity index (χ0) is 24.8. The maximum atomic E-state index is 5.71. The maximum Gasteiger partial charge on any atom is 0.130 e. The van der Waals surface area contributed by atoms with Crippen molar-refractivity contribution in [1.82, 2.24) is 5.32 Å². The summed E-state index contributed by atoms with van der Waals surface area (Å²) in [5.41, 5.74) is 0. The number of alkyl halides is 1. The molecule has 0 aromatic rings. The summed E-state index contributed by atoms with van der Waals surface area (Å²) in [4.78, 5) is 0. The Hall–Kier alpha value is 0.530. The van der Waals surface area contributed by atoms with Crippen LogP contribution in [0.2, 0.25) is 0 Å². The van der Waals surface area contributed by atoms with Gasteiger partial charge in [-0.2, -0.15) is 0 Å². The Morgan fingerprint density at radius 2 is 0.618 bits per heavy atom. The van der Waals surface area contributed by atoms with Crippen molar-refractivity contribution in [3.8, 4) is 0 Å². The first-order valence-electron chi connectivity index (χ1n) is 15.3. The minimum Gasteiger partial charge on any atom is -0.371 e. The van der Waals surface area contributed by atoms with Crippen LogP contribution in [0.1, 0.15) is 173 Å². The van der Waals surface area contributed by atoms with E-state index in [9.17, 15) is 0 Å². The van der Waals surface area contributed by atoms with Gasteiger partial charge in [0.15, 0.2) is 0 Å². The molecule has 0 atom stereocenters. The van der Waals surface area contributed by atoms with Gasteiger partial charge in [-0.1, -0.05) is 173 Å². The van der Waals surface area contributed by atoms with E-state index >= 15 is 0 Å². The standard InChI is InChI=1S/C30H60ClNS2/c31-28-26-24-22-20-18-16-14-12-10-8-6-4-2-1-3-5-7-9-11-13-15-17-19-21-23-25-27-29-32-30(33)34/h1-29H2,(H2,32,33,34). The van der Waals surface area contributed by atoms with Gasteiger partial charge in [-0.25, -0.2) is 0 Å². The molecule has 0 saturated heterocycles. The van der Waals surface area contributed by atoms with E-state index in [1.807, 2.05) is 0 Å². The molecule has 204 valence electrons. The second-order valence-electron chi connectivity index (χ2n) is 10.5. The van der Waals surface area contributed by atoms with E-state index in [2.05, 4.69) is 17.9 Å². The van der Waals surface area contributed by atoms with Gasteiger partial charge in [0.2, 0.25) is 0 Å². The number of thiol groups is 1. The third-order valence-corrected chi connectivity index (χ3v) is 7.66. The van der Waals surface area contributed by atoms with Gasteiger partial charge in [0, 0.05) is 12.4 Å². The number of halogens is 1. The largest absolute Gasteiger partial charge is 0.371 e. The van der Waals surface area contributed by atoms with E-state index < -0.39 is 0 Å². The molecule has 0 aromatic heterocycles. The molecule has 0 bridgehead atoms. The summed E-state index contributed by atoms with van der Waals surface area (Å²) in [7, 11) is 0. The van der Waals surface area contributed by atoms with Gasteiger partial charge in [0.25, 0.3) is 0 Å². The van der Waals surface area contributed by atoms with Crippen molar-refractivity contribution in [2.45, 2.75) is 173 Å². The molecule has 0 saturated carbocycles.